The van der Waals surface area contributed by atoms with Crippen molar-refractivity contribution in [2.45, 2.75) is 27.4 Å². The number of halogens is 1. The first-order chi connectivity index (χ1) is 34.2. The fourth-order valence-electron chi connectivity index (χ4n) is 7.47. The van der Waals surface area contributed by atoms with Gasteiger partial charge in [-0.2, -0.15) is 16.8 Å². The molecule has 7 aromatic carbocycles. The van der Waals surface area contributed by atoms with Gasteiger partial charge >= 0.3 is 20.2 Å². The van der Waals surface area contributed by atoms with Crippen molar-refractivity contribution in [1.29, 1.82) is 0 Å². The van der Waals surface area contributed by atoms with Crippen LogP contribution < -0.4 is 36.8 Å². The van der Waals surface area contributed by atoms with E-state index in [2.05, 4.69) is 0 Å². The van der Waals surface area contributed by atoms with E-state index in [-0.39, 0.29) is 34.5 Å². The Labute approximate surface area is 425 Å². The highest BCUT2D eigenvalue weighted by Crippen LogP contribution is 2.52. The molecule has 14 nitrogen and oxygen atoms in total. The molecule has 0 heterocycles. The van der Waals surface area contributed by atoms with Gasteiger partial charge in [-0.05, 0) is 121 Å². The van der Waals surface area contributed by atoms with Crippen LogP contribution in [0.2, 0.25) is 5.02 Å². The average molecular weight is 1040 g/mol. The summed E-state index contributed by atoms with van der Waals surface area (Å²) in [5.41, 5.74) is 7.52. The Morgan fingerprint density at radius 1 is 0.556 bits per heavy atom. The molecule has 0 saturated heterocycles. The molecule has 0 radical (unpaired) electrons. The smallest absolute Gasteiger partial charge is 0.306 e. The Bertz CT molecular complexity index is 3280. The number of rotatable bonds is 18. The number of aryl methyl sites for hydroxylation is 1. The van der Waals surface area contributed by atoms with E-state index in [1.807, 2.05) is 69.3 Å². The third-order valence-corrected chi connectivity index (χ3v) is 12.0. The number of hydrogen-bond donors (Lipinski definition) is 2. The van der Waals surface area contributed by atoms with Crippen molar-refractivity contribution in [3.8, 4) is 102 Å². The quantitative estimate of drug-likeness (QED) is 0.0611. The lowest BCUT2D eigenvalue weighted by Crippen LogP contribution is -2.09. The summed E-state index contributed by atoms with van der Waals surface area (Å²) >= 11 is 6.51. The van der Waals surface area contributed by atoms with Crippen molar-refractivity contribution >= 4 is 31.8 Å². The van der Waals surface area contributed by atoms with Crippen LogP contribution in [0.4, 0.5) is 0 Å². The summed E-state index contributed by atoms with van der Waals surface area (Å²) in [6, 6.07) is 36.8. The first-order valence-corrected chi connectivity index (χ1v) is 26.0. The number of hydrogen-bond acceptors (Lipinski definition) is 14. The second-order valence-electron chi connectivity index (χ2n) is 16.4. The summed E-state index contributed by atoms with van der Waals surface area (Å²) < 4.78 is 92.3. The van der Waals surface area contributed by atoms with Gasteiger partial charge in [-0.1, -0.05) is 83.9 Å². The SMILES string of the molecule is COc1cc(-c2ccc(O)cc2)c(OC)c(O)c1-c1ccc(OCc2ccccc2)c(Cl)c1.COc1cc(-c2ccc(OS(C)(=O)=O)cc2)c(OC)c(OS(C)(=O)=O)c1-c1ccc(OCC=C(C)C)c(C)c1. The molecule has 0 aliphatic rings. The molecule has 0 aromatic heterocycles. The highest BCUT2D eigenvalue weighted by molar-refractivity contribution is 7.86. The summed E-state index contributed by atoms with van der Waals surface area (Å²) in [5, 5.41) is 21.1. The monoisotopic (exact) mass is 1040 g/mol. The number of allylic oxidation sites excluding steroid dienone is 1. The minimum absolute atomic E-state index is 0.0524. The van der Waals surface area contributed by atoms with E-state index in [0.717, 1.165) is 34.8 Å². The lowest BCUT2D eigenvalue weighted by atomic mass is 9.95. The zero-order chi connectivity index (χ0) is 52.3. The zero-order valence-corrected chi connectivity index (χ0v) is 43.5. The van der Waals surface area contributed by atoms with Crippen LogP contribution in [0.25, 0.3) is 44.5 Å². The van der Waals surface area contributed by atoms with Crippen LogP contribution in [0.15, 0.2) is 139 Å². The summed E-state index contributed by atoms with van der Waals surface area (Å²) in [7, 11) is -1.80. The molecule has 0 bridgehead atoms. The first-order valence-electron chi connectivity index (χ1n) is 22.0. The predicted octanol–water partition coefficient (Wildman–Crippen LogP) is 12.0. The van der Waals surface area contributed by atoms with Crippen molar-refractivity contribution in [2.24, 2.45) is 0 Å². The van der Waals surface area contributed by atoms with Crippen LogP contribution in [-0.4, -0.2) is 74.6 Å². The zero-order valence-electron chi connectivity index (χ0n) is 41.1. The normalized spacial score (nSPS) is 11.1. The molecule has 0 amide bonds. The van der Waals surface area contributed by atoms with Crippen molar-refractivity contribution in [2.75, 3.05) is 47.6 Å². The molecule has 17 heteroatoms. The van der Waals surface area contributed by atoms with E-state index in [1.165, 1.54) is 40.6 Å². The molecule has 0 fully saturated rings. The number of phenols is 2. The molecule has 0 atom stereocenters. The molecule has 2 N–H and O–H groups in total. The Kier molecular flexibility index (Phi) is 17.6. The van der Waals surface area contributed by atoms with E-state index in [1.54, 1.807) is 72.8 Å². The number of phenolic OH excluding ortho intramolecular Hbond substituents is 2. The van der Waals surface area contributed by atoms with Crippen LogP contribution in [0.5, 0.6) is 57.5 Å². The van der Waals surface area contributed by atoms with Crippen LogP contribution in [0.3, 0.4) is 0 Å². The van der Waals surface area contributed by atoms with Gasteiger partial charge in [0.15, 0.2) is 23.0 Å². The van der Waals surface area contributed by atoms with E-state index in [9.17, 15) is 27.0 Å². The van der Waals surface area contributed by atoms with Crippen molar-refractivity contribution in [3.63, 3.8) is 0 Å². The fraction of sp³-hybridized carbons (Fsp3) is 0.200. The number of methoxy groups -OCH3 is 4. The van der Waals surface area contributed by atoms with E-state index in [4.69, 9.17) is 48.4 Å². The summed E-state index contributed by atoms with van der Waals surface area (Å²) in [4.78, 5) is 0. The molecule has 0 aliphatic carbocycles. The molecule has 0 aliphatic heterocycles. The Morgan fingerprint density at radius 2 is 1.08 bits per heavy atom. The molecule has 0 saturated carbocycles. The predicted molar refractivity (Wildman–Crippen MR) is 281 cm³/mol. The van der Waals surface area contributed by atoms with Gasteiger partial charge in [0.2, 0.25) is 0 Å². The van der Waals surface area contributed by atoms with E-state index < -0.39 is 20.2 Å². The van der Waals surface area contributed by atoms with Gasteiger partial charge in [0.05, 0.1) is 57.1 Å². The number of benzene rings is 7. The van der Waals surface area contributed by atoms with Gasteiger partial charge in [-0.25, -0.2) is 0 Å². The molecule has 0 spiro atoms. The van der Waals surface area contributed by atoms with Crippen LogP contribution >= 0.6 is 11.6 Å². The molecular weight excluding hydrogens is 984 g/mol. The lowest BCUT2D eigenvalue weighted by molar-refractivity contribution is 0.306. The summed E-state index contributed by atoms with van der Waals surface area (Å²) in [6.45, 7) is 6.68. The molecule has 378 valence electrons. The Hall–Kier alpha value is -7.53. The molecular formula is C55H55ClO14S2. The van der Waals surface area contributed by atoms with Crippen LogP contribution in [0.1, 0.15) is 25.0 Å². The van der Waals surface area contributed by atoms with Gasteiger partial charge in [0.25, 0.3) is 0 Å². The van der Waals surface area contributed by atoms with Crippen LogP contribution in [-0.2, 0) is 26.8 Å². The standard InChI is InChI=1S/C28H32O9S2.C27H23ClO5/c1-18(2)14-15-35-24-13-10-21(16-19(24)3)26-25(33-4)17-23(27(34-5)28(26)37-39(7,31)32)20-8-11-22(12-9-20)36-38(6,29)30;1-31-24-15-21(18-8-11-20(29)12-9-18)27(32-2)26(30)25(24)19-10-13-23(22(28)14-19)33-16-17-6-4-3-5-7-17/h8-14,16-17H,15H2,1-7H3;3-15,29-30H,16H2,1-2H3. The third-order valence-electron chi connectivity index (χ3n) is 10.7. The number of ether oxygens (including phenoxy) is 6. The third kappa shape index (κ3) is 13.7. The van der Waals surface area contributed by atoms with Gasteiger partial charge in [0, 0.05) is 11.1 Å². The van der Waals surface area contributed by atoms with E-state index >= 15 is 0 Å². The van der Waals surface area contributed by atoms with Gasteiger partial charge in [-0.3, -0.25) is 0 Å². The van der Waals surface area contributed by atoms with Gasteiger partial charge in [0.1, 0.15) is 47.7 Å². The van der Waals surface area contributed by atoms with Crippen molar-refractivity contribution in [1.82, 2.24) is 0 Å². The van der Waals surface area contributed by atoms with E-state index in [0.29, 0.717) is 80.2 Å². The second kappa shape index (κ2) is 23.6. The molecule has 72 heavy (non-hydrogen) atoms. The summed E-state index contributed by atoms with van der Waals surface area (Å²) in [5.74, 6) is 2.58. The lowest BCUT2D eigenvalue weighted by Gasteiger charge is -2.21. The highest BCUT2D eigenvalue weighted by Gasteiger charge is 2.27. The Balaban J connectivity index is 0.000000238. The van der Waals surface area contributed by atoms with Crippen molar-refractivity contribution in [3.05, 3.63) is 155 Å². The van der Waals surface area contributed by atoms with Crippen molar-refractivity contribution < 1.29 is 63.8 Å². The average Bonchev–Trinajstić information content (AvgIpc) is 3.33. The fourth-order valence-corrected chi connectivity index (χ4v) is 8.62. The minimum Gasteiger partial charge on any atom is -0.508 e. The number of aromatic hydroxyl groups is 2. The molecule has 7 aromatic rings. The maximum absolute atomic E-state index is 12.4. The van der Waals surface area contributed by atoms with Gasteiger partial charge < -0.3 is 47.0 Å². The largest absolute Gasteiger partial charge is 0.508 e. The van der Waals surface area contributed by atoms with Gasteiger partial charge in [-0.15, -0.1) is 0 Å². The maximum atomic E-state index is 12.4. The second-order valence-corrected chi connectivity index (χ2v) is 19.9. The summed E-state index contributed by atoms with van der Waals surface area (Å²) in [6.07, 6.45) is 3.86. The highest BCUT2D eigenvalue weighted by atomic mass is 35.5. The maximum Gasteiger partial charge on any atom is 0.306 e. The topological polar surface area (TPSA) is 183 Å². The first kappa shape index (κ1) is 53.8. The molecule has 0 unspecified atom stereocenters. The minimum atomic E-state index is -3.98. The van der Waals surface area contributed by atoms with Crippen LogP contribution in [0, 0.1) is 6.92 Å². The Morgan fingerprint density at radius 3 is 1.61 bits per heavy atom. The molecule has 7 rings (SSSR count).